The first-order valence-corrected chi connectivity index (χ1v) is 6.62. The maximum atomic E-state index is 11.6. The molecule has 0 saturated carbocycles. The zero-order chi connectivity index (χ0) is 13.2. The minimum Gasteiger partial charge on any atom is -0.369 e. The summed E-state index contributed by atoms with van der Waals surface area (Å²) in [7, 11) is 0. The summed E-state index contributed by atoms with van der Waals surface area (Å²) in [6.07, 6.45) is 7.55. The molecule has 1 aromatic heterocycles. The fourth-order valence-corrected chi connectivity index (χ4v) is 1.46. The lowest BCUT2D eigenvalue weighted by Gasteiger charge is -2.05. The summed E-state index contributed by atoms with van der Waals surface area (Å²) in [5, 5.41) is 5.95. The van der Waals surface area contributed by atoms with Gasteiger partial charge in [0.1, 0.15) is 11.5 Å². The van der Waals surface area contributed by atoms with E-state index < -0.39 is 0 Å². The van der Waals surface area contributed by atoms with Crippen molar-refractivity contribution in [3.63, 3.8) is 0 Å². The summed E-state index contributed by atoms with van der Waals surface area (Å²) in [6, 6.07) is 0. The molecule has 0 saturated heterocycles. The predicted molar refractivity (Wildman–Crippen MR) is 72.7 cm³/mol. The molecule has 0 unspecified atom stereocenters. The lowest BCUT2D eigenvalue weighted by Crippen LogP contribution is -2.25. The number of carbonyl (C=O) groups excluding carboxylic acids is 1. The molecule has 100 valence electrons. The summed E-state index contributed by atoms with van der Waals surface area (Å²) in [6.45, 7) is 5.74. The molecular formula is C13H22N4O. The normalized spacial score (nSPS) is 10.1. The molecule has 0 bridgehead atoms. The van der Waals surface area contributed by atoms with Crippen molar-refractivity contribution in [2.24, 2.45) is 0 Å². The maximum Gasteiger partial charge on any atom is 0.271 e. The third-order valence-corrected chi connectivity index (χ3v) is 2.51. The molecule has 0 radical (unpaired) electrons. The molecule has 1 heterocycles. The average Bonchev–Trinajstić information content (AvgIpc) is 2.41. The number of hydrogen-bond acceptors (Lipinski definition) is 4. The topological polar surface area (TPSA) is 66.9 Å². The minimum absolute atomic E-state index is 0.165. The Balaban J connectivity index is 2.39. The molecule has 0 aliphatic rings. The van der Waals surface area contributed by atoms with Gasteiger partial charge in [0.2, 0.25) is 0 Å². The Morgan fingerprint density at radius 3 is 2.56 bits per heavy atom. The molecule has 0 spiro atoms. The van der Waals surface area contributed by atoms with Crippen LogP contribution in [-0.2, 0) is 0 Å². The number of amides is 1. The average molecular weight is 250 g/mol. The molecule has 0 atom stereocenters. The number of unbranched alkanes of at least 4 members (excludes halogenated alkanes) is 2. The molecular weight excluding hydrogens is 228 g/mol. The van der Waals surface area contributed by atoms with E-state index in [2.05, 4.69) is 27.5 Å². The van der Waals surface area contributed by atoms with Crippen LogP contribution in [0, 0.1) is 0 Å². The standard InChI is InChI=1S/C13H22N4O/c1-3-5-6-8-14-12-10-16-11(9-17-12)13(18)15-7-4-2/h9-10H,3-8H2,1-2H3,(H,14,17)(H,15,18). The first-order chi connectivity index (χ1) is 8.77. The lowest BCUT2D eigenvalue weighted by atomic mass is 10.2. The molecule has 0 aliphatic heterocycles. The molecule has 1 aromatic rings. The highest BCUT2D eigenvalue weighted by molar-refractivity contribution is 5.91. The Morgan fingerprint density at radius 2 is 1.94 bits per heavy atom. The third-order valence-electron chi connectivity index (χ3n) is 2.51. The Bertz CT molecular complexity index is 351. The highest BCUT2D eigenvalue weighted by Crippen LogP contribution is 2.02. The molecule has 5 heteroatoms. The van der Waals surface area contributed by atoms with Gasteiger partial charge in [-0.15, -0.1) is 0 Å². The van der Waals surface area contributed by atoms with Crippen LogP contribution < -0.4 is 10.6 Å². The van der Waals surface area contributed by atoms with Gasteiger partial charge in [0, 0.05) is 13.1 Å². The first-order valence-electron chi connectivity index (χ1n) is 6.62. The van der Waals surface area contributed by atoms with Crippen LogP contribution in [0.15, 0.2) is 12.4 Å². The minimum atomic E-state index is -0.165. The van der Waals surface area contributed by atoms with Gasteiger partial charge in [-0.1, -0.05) is 26.7 Å². The molecule has 2 N–H and O–H groups in total. The molecule has 0 aliphatic carbocycles. The van der Waals surface area contributed by atoms with E-state index in [1.54, 1.807) is 6.20 Å². The van der Waals surface area contributed by atoms with Crippen molar-refractivity contribution >= 4 is 11.7 Å². The van der Waals surface area contributed by atoms with E-state index in [-0.39, 0.29) is 5.91 Å². The zero-order valence-corrected chi connectivity index (χ0v) is 11.2. The first kappa shape index (κ1) is 14.4. The molecule has 0 fully saturated rings. The Labute approximate surface area is 108 Å². The van der Waals surface area contributed by atoms with E-state index in [0.717, 1.165) is 25.2 Å². The van der Waals surface area contributed by atoms with Gasteiger partial charge in [0.15, 0.2) is 0 Å². The number of nitrogens with zero attached hydrogens (tertiary/aromatic N) is 2. The second-order valence-electron chi connectivity index (χ2n) is 4.18. The highest BCUT2D eigenvalue weighted by atomic mass is 16.1. The summed E-state index contributed by atoms with van der Waals surface area (Å²) >= 11 is 0. The fraction of sp³-hybridized carbons (Fsp3) is 0.615. The number of rotatable bonds is 8. The van der Waals surface area contributed by atoms with Crippen molar-refractivity contribution in [1.82, 2.24) is 15.3 Å². The summed E-state index contributed by atoms with van der Waals surface area (Å²) in [5.41, 5.74) is 0.363. The van der Waals surface area contributed by atoms with Crippen LogP contribution >= 0.6 is 0 Å². The van der Waals surface area contributed by atoms with Crippen LogP contribution in [0.25, 0.3) is 0 Å². The summed E-state index contributed by atoms with van der Waals surface area (Å²) in [4.78, 5) is 19.8. The van der Waals surface area contributed by atoms with Gasteiger partial charge in [-0.25, -0.2) is 9.97 Å². The van der Waals surface area contributed by atoms with E-state index in [4.69, 9.17) is 0 Å². The quantitative estimate of drug-likeness (QED) is 0.694. The van der Waals surface area contributed by atoms with Crippen molar-refractivity contribution in [3.05, 3.63) is 18.1 Å². The molecule has 1 amide bonds. The molecule has 5 nitrogen and oxygen atoms in total. The zero-order valence-electron chi connectivity index (χ0n) is 11.2. The SMILES string of the molecule is CCCCCNc1cnc(C(=O)NCCC)cn1. The van der Waals surface area contributed by atoms with E-state index in [1.165, 1.54) is 19.0 Å². The lowest BCUT2D eigenvalue weighted by molar-refractivity contribution is 0.0948. The fourth-order valence-electron chi connectivity index (χ4n) is 1.46. The van der Waals surface area contributed by atoms with Gasteiger partial charge >= 0.3 is 0 Å². The molecule has 18 heavy (non-hydrogen) atoms. The largest absolute Gasteiger partial charge is 0.369 e. The number of carbonyl (C=O) groups is 1. The van der Waals surface area contributed by atoms with Gasteiger partial charge in [0.05, 0.1) is 12.4 Å². The molecule has 0 aromatic carbocycles. The second kappa shape index (κ2) is 8.44. The summed E-state index contributed by atoms with van der Waals surface area (Å²) < 4.78 is 0. The van der Waals surface area contributed by atoms with Crippen molar-refractivity contribution in [2.75, 3.05) is 18.4 Å². The predicted octanol–water partition coefficient (Wildman–Crippen LogP) is 2.22. The van der Waals surface area contributed by atoms with E-state index in [0.29, 0.717) is 12.2 Å². The maximum absolute atomic E-state index is 11.6. The van der Waals surface area contributed by atoms with Gasteiger partial charge in [0.25, 0.3) is 5.91 Å². The van der Waals surface area contributed by atoms with Crippen molar-refractivity contribution in [2.45, 2.75) is 39.5 Å². The number of nitrogens with one attached hydrogen (secondary N) is 2. The number of anilines is 1. The van der Waals surface area contributed by atoms with Gasteiger partial charge in [-0.2, -0.15) is 0 Å². The Morgan fingerprint density at radius 1 is 1.11 bits per heavy atom. The Kier molecular flexibility index (Phi) is 6.76. The Hall–Kier alpha value is -1.65. The van der Waals surface area contributed by atoms with Crippen LogP contribution in [0.4, 0.5) is 5.82 Å². The van der Waals surface area contributed by atoms with Gasteiger partial charge in [-0.3, -0.25) is 4.79 Å². The monoisotopic (exact) mass is 250 g/mol. The van der Waals surface area contributed by atoms with Crippen LogP contribution in [0.2, 0.25) is 0 Å². The van der Waals surface area contributed by atoms with E-state index in [1.807, 2.05) is 6.92 Å². The summed E-state index contributed by atoms with van der Waals surface area (Å²) in [5.74, 6) is 0.556. The van der Waals surface area contributed by atoms with Gasteiger partial charge in [-0.05, 0) is 12.8 Å². The highest BCUT2D eigenvalue weighted by Gasteiger charge is 2.06. The van der Waals surface area contributed by atoms with Crippen molar-refractivity contribution in [3.8, 4) is 0 Å². The van der Waals surface area contributed by atoms with E-state index in [9.17, 15) is 4.79 Å². The van der Waals surface area contributed by atoms with E-state index >= 15 is 0 Å². The molecule has 1 rings (SSSR count). The van der Waals surface area contributed by atoms with Crippen LogP contribution in [-0.4, -0.2) is 29.0 Å². The van der Waals surface area contributed by atoms with Crippen LogP contribution in [0.1, 0.15) is 50.0 Å². The third kappa shape index (κ3) is 5.12. The number of aromatic nitrogens is 2. The van der Waals surface area contributed by atoms with Gasteiger partial charge < -0.3 is 10.6 Å². The van der Waals surface area contributed by atoms with Crippen molar-refractivity contribution in [1.29, 1.82) is 0 Å². The van der Waals surface area contributed by atoms with Crippen LogP contribution in [0.5, 0.6) is 0 Å². The smallest absolute Gasteiger partial charge is 0.271 e. The van der Waals surface area contributed by atoms with Crippen LogP contribution in [0.3, 0.4) is 0 Å². The van der Waals surface area contributed by atoms with Crippen molar-refractivity contribution < 1.29 is 4.79 Å². The number of hydrogen-bond donors (Lipinski definition) is 2. The second-order valence-corrected chi connectivity index (χ2v) is 4.18.